The van der Waals surface area contributed by atoms with Gasteiger partial charge in [0.15, 0.2) is 0 Å². The normalized spacial score (nSPS) is 14.4. The van der Waals surface area contributed by atoms with Crippen molar-refractivity contribution >= 4 is 0 Å². The van der Waals surface area contributed by atoms with Crippen molar-refractivity contribution in [2.45, 2.75) is 77.6 Å². The zero-order valence-electron chi connectivity index (χ0n) is 18.5. The van der Waals surface area contributed by atoms with Gasteiger partial charge in [-0.25, -0.2) is 0 Å². The van der Waals surface area contributed by atoms with Crippen LogP contribution in [0.5, 0.6) is 5.75 Å². The van der Waals surface area contributed by atoms with E-state index in [0.717, 1.165) is 23.5 Å². The fraction of sp³-hybridized carbons (Fsp3) is 0.500. The first kappa shape index (κ1) is 22.4. The first-order chi connectivity index (χ1) is 14.8. The van der Waals surface area contributed by atoms with E-state index in [1.54, 1.807) is 0 Å². The Labute approximate surface area is 183 Å². The fourth-order valence-corrected chi connectivity index (χ4v) is 4.33. The number of rotatable bonds is 11. The Morgan fingerprint density at radius 2 is 1.67 bits per heavy atom. The maximum absolute atomic E-state index is 9.57. The van der Waals surface area contributed by atoms with Crippen LogP contribution in [-0.2, 0) is 6.42 Å². The third-order valence-electron chi connectivity index (χ3n) is 6.29. The molecule has 0 bridgehead atoms. The van der Waals surface area contributed by atoms with Crippen molar-refractivity contribution in [1.29, 1.82) is 5.26 Å². The number of ether oxygens (including phenoxy) is 1. The molecule has 0 unspecified atom stereocenters. The molecule has 0 aromatic heterocycles. The van der Waals surface area contributed by atoms with E-state index >= 15 is 0 Å². The van der Waals surface area contributed by atoms with Gasteiger partial charge in [0.2, 0.25) is 0 Å². The quantitative estimate of drug-likeness (QED) is 0.358. The minimum atomic E-state index is 0.624. The van der Waals surface area contributed by atoms with Gasteiger partial charge in [0.1, 0.15) is 11.8 Å². The van der Waals surface area contributed by atoms with E-state index in [-0.39, 0.29) is 0 Å². The molecule has 2 heteroatoms. The number of aryl methyl sites for hydroxylation is 1. The molecule has 0 saturated heterocycles. The Hall–Kier alpha value is -2.27. The van der Waals surface area contributed by atoms with Crippen molar-refractivity contribution in [3.8, 4) is 22.9 Å². The number of nitriles is 1. The molecule has 0 atom stereocenters. The van der Waals surface area contributed by atoms with E-state index in [9.17, 15) is 5.26 Å². The number of hydrogen-bond acceptors (Lipinski definition) is 2. The summed E-state index contributed by atoms with van der Waals surface area (Å²) in [6.07, 6.45) is 16.3. The average molecular weight is 403 g/mol. The first-order valence-electron chi connectivity index (χ1n) is 11.9. The van der Waals surface area contributed by atoms with Crippen LogP contribution in [0, 0.1) is 23.7 Å². The molecule has 0 N–H and O–H groups in total. The van der Waals surface area contributed by atoms with Gasteiger partial charge in [0.05, 0.1) is 12.2 Å². The summed E-state index contributed by atoms with van der Waals surface area (Å²) in [4.78, 5) is 0. The highest BCUT2D eigenvalue weighted by Crippen LogP contribution is 2.29. The maximum atomic E-state index is 9.57. The van der Waals surface area contributed by atoms with Crippen LogP contribution in [0.3, 0.4) is 0 Å². The minimum Gasteiger partial charge on any atom is -0.492 e. The zero-order chi connectivity index (χ0) is 21.0. The predicted octanol–water partition coefficient (Wildman–Crippen LogP) is 7.90. The molecule has 1 fully saturated rings. The molecule has 3 rings (SSSR count). The Balaban J connectivity index is 1.54. The molecule has 2 nitrogen and oxygen atoms in total. The molecule has 0 spiro atoms. The first-order valence-corrected chi connectivity index (χ1v) is 11.9. The van der Waals surface area contributed by atoms with Gasteiger partial charge in [-0.2, -0.15) is 5.26 Å². The van der Waals surface area contributed by atoms with Gasteiger partial charge >= 0.3 is 0 Å². The lowest BCUT2D eigenvalue weighted by molar-refractivity contribution is 0.304. The molecule has 1 saturated carbocycles. The highest BCUT2D eigenvalue weighted by Gasteiger charge is 2.13. The van der Waals surface area contributed by atoms with Crippen molar-refractivity contribution in [2.75, 3.05) is 6.61 Å². The molecule has 1 aliphatic carbocycles. The lowest BCUT2D eigenvalue weighted by Gasteiger charge is -2.21. The van der Waals surface area contributed by atoms with Gasteiger partial charge < -0.3 is 4.74 Å². The van der Waals surface area contributed by atoms with Crippen LogP contribution in [-0.4, -0.2) is 6.61 Å². The van der Waals surface area contributed by atoms with E-state index < -0.39 is 0 Å². The second kappa shape index (κ2) is 12.4. The van der Waals surface area contributed by atoms with Gasteiger partial charge in [0.25, 0.3) is 0 Å². The maximum Gasteiger partial charge on any atom is 0.137 e. The Morgan fingerprint density at radius 3 is 2.40 bits per heavy atom. The summed E-state index contributed by atoms with van der Waals surface area (Å²) in [6.45, 7) is 2.91. The van der Waals surface area contributed by atoms with E-state index in [4.69, 9.17) is 4.74 Å². The standard InChI is InChI=1S/C28H36NO/c1-2-3-4-5-9-20-30-28-19-18-26(21-27(28)22-29)25-16-14-24(15-17-25)13-12-23-10-7-6-8-11-23/h6,14-19,21,23H,2-5,7-13,20H2,1H3. The Kier molecular flexibility index (Phi) is 9.29. The van der Waals surface area contributed by atoms with Crippen LogP contribution in [0.25, 0.3) is 11.1 Å². The zero-order valence-corrected chi connectivity index (χ0v) is 18.5. The number of unbranched alkanes of at least 4 members (excludes halogenated alkanes) is 4. The minimum absolute atomic E-state index is 0.624. The Morgan fingerprint density at radius 1 is 0.933 bits per heavy atom. The second-order valence-corrected chi connectivity index (χ2v) is 8.63. The molecular weight excluding hydrogens is 366 g/mol. The van der Waals surface area contributed by atoms with Crippen molar-refractivity contribution in [3.05, 3.63) is 60.0 Å². The molecular formula is C28H36NO. The second-order valence-electron chi connectivity index (χ2n) is 8.63. The highest BCUT2D eigenvalue weighted by atomic mass is 16.5. The van der Waals surface area contributed by atoms with Crippen molar-refractivity contribution in [2.24, 2.45) is 5.92 Å². The van der Waals surface area contributed by atoms with Gasteiger partial charge in [-0.1, -0.05) is 75.8 Å². The molecule has 30 heavy (non-hydrogen) atoms. The van der Waals surface area contributed by atoms with Gasteiger partial charge in [0, 0.05) is 0 Å². The third kappa shape index (κ3) is 6.91. The number of benzene rings is 2. The summed E-state index contributed by atoms with van der Waals surface area (Å²) in [7, 11) is 0. The molecule has 1 radical (unpaired) electrons. The molecule has 2 aromatic rings. The summed E-state index contributed by atoms with van der Waals surface area (Å²) in [5.41, 5.74) is 4.28. The van der Waals surface area contributed by atoms with E-state index in [2.05, 4.69) is 49.7 Å². The van der Waals surface area contributed by atoms with Crippen molar-refractivity contribution < 1.29 is 4.74 Å². The van der Waals surface area contributed by atoms with Crippen LogP contribution in [0.1, 0.15) is 82.3 Å². The molecule has 0 amide bonds. The molecule has 2 aromatic carbocycles. The number of hydrogen-bond donors (Lipinski definition) is 0. The monoisotopic (exact) mass is 402 g/mol. The smallest absolute Gasteiger partial charge is 0.137 e. The lowest BCUT2D eigenvalue weighted by atomic mass is 9.85. The number of nitrogens with zero attached hydrogens (tertiary/aromatic N) is 1. The summed E-state index contributed by atoms with van der Waals surface area (Å²) in [5.74, 6) is 1.60. The van der Waals surface area contributed by atoms with E-state index in [1.165, 1.54) is 69.8 Å². The van der Waals surface area contributed by atoms with Gasteiger partial charge in [-0.15, -0.1) is 0 Å². The lowest BCUT2D eigenvalue weighted by Crippen LogP contribution is -2.07. The van der Waals surface area contributed by atoms with Gasteiger partial charge in [-0.3, -0.25) is 0 Å². The summed E-state index contributed by atoms with van der Waals surface area (Å²) < 4.78 is 5.88. The van der Waals surface area contributed by atoms with Crippen LogP contribution in [0.4, 0.5) is 0 Å². The largest absolute Gasteiger partial charge is 0.492 e. The van der Waals surface area contributed by atoms with E-state index in [0.29, 0.717) is 17.9 Å². The van der Waals surface area contributed by atoms with Gasteiger partial charge in [-0.05, 0) is 73.3 Å². The van der Waals surface area contributed by atoms with Crippen LogP contribution in [0.2, 0.25) is 0 Å². The third-order valence-corrected chi connectivity index (χ3v) is 6.29. The van der Waals surface area contributed by atoms with Crippen LogP contribution in [0.15, 0.2) is 42.5 Å². The van der Waals surface area contributed by atoms with Crippen molar-refractivity contribution in [1.82, 2.24) is 0 Å². The average Bonchev–Trinajstić information content (AvgIpc) is 2.81. The van der Waals surface area contributed by atoms with E-state index in [1.807, 2.05) is 12.1 Å². The highest BCUT2D eigenvalue weighted by molar-refractivity contribution is 5.67. The van der Waals surface area contributed by atoms with Crippen LogP contribution >= 0.6 is 0 Å². The molecule has 0 heterocycles. The fourth-order valence-electron chi connectivity index (χ4n) is 4.33. The molecule has 159 valence electrons. The summed E-state index contributed by atoms with van der Waals surface area (Å²) >= 11 is 0. The molecule has 0 aliphatic heterocycles. The SMILES string of the molecule is CCCCCCCOc1ccc(-c2ccc(CCC3CC[CH]CC3)cc2)cc1C#N. The van der Waals surface area contributed by atoms with Crippen LogP contribution < -0.4 is 4.74 Å². The predicted molar refractivity (Wildman–Crippen MR) is 125 cm³/mol. The Bertz CT molecular complexity index is 796. The summed E-state index contributed by atoms with van der Waals surface area (Å²) in [6, 6.07) is 17.2. The van der Waals surface area contributed by atoms with Crippen molar-refractivity contribution in [3.63, 3.8) is 0 Å². The topological polar surface area (TPSA) is 33.0 Å². The molecule has 1 aliphatic rings. The summed E-state index contributed by atoms with van der Waals surface area (Å²) in [5, 5.41) is 9.57.